The summed E-state index contributed by atoms with van der Waals surface area (Å²) in [6.45, 7) is 3.97. The van der Waals surface area contributed by atoms with Gasteiger partial charge in [-0.3, -0.25) is 14.5 Å². The molecule has 1 amide bonds. The fourth-order valence-corrected chi connectivity index (χ4v) is 4.00. The Bertz CT molecular complexity index is 1220. The molecule has 1 atom stereocenters. The third kappa shape index (κ3) is 2.41. The Balaban J connectivity index is 1.77. The maximum atomic E-state index is 12.5. The Hall–Kier alpha value is -3.55. The molecule has 140 valence electrons. The van der Waals surface area contributed by atoms with Gasteiger partial charge in [-0.15, -0.1) is 0 Å². The molecule has 0 radical (unpaired) electrons. The average Bonchev–Trinajstić information content (AvgIpc) is 3.24. The number of carbonyl (C=O) groups is 1. The number of nitrogens with zero attached hydrogens (tertiary/aromatic N) is 6. The van der Waals surface area contributed by atoms with Crippen LogP contribution >= 0.6 is 0 Å². The molecule has 1 N–H and O–H groups in total. The number of nitrogens with one attached hydrogen (secondary N) is 1. The van der Waals surface area contributed by atoms with Crippen LogP contribution in [0.25, 0.3) is 16.9 Å². The molecule has 4 aromatic rings. The lowest BCUT2D eigenvalue weighted by molar-refractivity contribution is -0.116. The third-order valence-corrected chi connectivity index (χ3v) is 5.20. The van der Waals surface area contributed by atoms with Crippen molar-refractivity contribution in [3.05, 3.63) is 59.3 Å². The van der Waals surface area contributed by atoms with E-state index in [4.69, 9.17) is 4.98 Å². The van der Waals surface area contributed by atoms with E-state index in [9.17, 15) is 4.79 Å². The lowest BCUT2D eigenvalue weighted by atomic mass is 9.85. The zero-order valence-corrected chi connectivity index (χ0v) is 15.8. The molecule has 0 spiro atoms. The SMILES string of the molecule is Cc1cc(C)n2ncc([C@H]3CC(=O)Nc4c3c(-c3cccnc3)nn4C)c2n1. The lowest BCUT2D eigenvalue weighted by Gasteiger charge is -2.23. The highest BCUT2D eigenvalue weighted by atomic mass is 16.1. The van der Waals surface area contributed by atoms with Gasteiger partial charge in [0.05, 0.1) is 11.9 Å². The quantitative estimate of drug-likeness (QED) is 0.583. The van der Waals surface area contributed by atoms with Crippen molar-refractivity contribution in [2.24, 2.45) is 7.05 Å². The van der Waals surface area contributed by atoms with E-state index in [-0.39, 0.29) is 11.8 Å². The number of fused-ring (bicyclic) bond motifs is 2. The third-order valence-electron chi connectivity index (χ3n) is 5.20. The molecule has 1 aliphatic heterocycles. The summed E-state index contributed by atoms with van der Waals surface area (Å²) in [5.41, 5.74) is 6.35. The monoisotopic (exact) mass is 373 g/mol. The molecule has 1 aliphatic rings. The van der Waals surface area contributed by atoms with Crippen molar-refractivity contribution in [2.75, 3.05) is 5.32 Å². The van der Waals surface area contributed by atoms with Crippen LogP contribution in [-0.4, -0.2) is 35.3 Å². The summed E-state index contributed by atoms with van der Waals surface area (Å²) in [5.74, 6) is 0.490. The molecule has 0 fully saturated rings. The summed E-state index contributed by atoms with van der Waals surface area (Å²) in [7, 11) is 1.84. The van der Waals surface area contributed by atoms with Crippen LogP contribution in [0.4, 0.5) is 5.82 Å². The second-order valence-corrected chi connectivity index (χ2v) is 7.16. The number of amides is 1. The van der Waals surface area contributed by atoms with Gasteiger partial charge in [0.15, 0.2) is 5.65 Å². The van der Waals surface area contributed by atoms with Gasteiger partial charge in [-0.05, 0) is 32.0 Å². The summed E-state index contributed by atoms with van der Waals surface area (Å²) in [6.07, 6.45) is 5.67. The van der Waals surface area contributed by atoms with Gasteiger partial charge in [-0.2, -0.15) is 10.2 Å². The van der Waals surface area contributed by atoms with E-state index in [0.717, 1.165) is 39.4 Å². The van der Waals surface area contributed by atoms with E-state index in [0.29, 0.717) is 12.2 Å². The maximum Gasteiger partial charge on any atom is 0.226 e. The van der Waals surface area contributed by atoms with Crippen molar-refractivity contribution in [1.82, 2.24) is 29.4 Å². The maximum absolute atomic E-state index is 12.5. The van der Waals surface area contributed by atoms with Crippen molar-refractivity contribution in [1.29, 1.82) is 0 Å². The number of rotatable bonds is 2. The van der Waals surface area contributed by atoms with Gasteiger partial charge in [0.2, 0.25) is 5.91 Å². The number of aryl methyl sites for hydroxylation is 3. The van der Waals surface area contributed by atoms with Crippen molar-refractivity contribution in [3.63, 3.8) is 0 Å². The summed E-state index contributed by atoms with van der Waals surface area (Å²) >= 11 is 0. The molecule has 5 rings (SSSR count). The molecule has 0 bridgehead atoms. The topological polar surface area (TPSA) is 90.0 Å². The minimum Gasteiger partial charge on any atom is -0.311 e. The standard InChI is InChI=1S/C20H19N7O/c1-11-7-12(2)27-19(23-11)15(10-22-27)14-8-16(28)24-20-17(14)18(25-26(20)3)13-5-4-6-21-9-13/h4-7,9-10,14H,8H2,1-3H3,(H,24,28)/t14-/m1/s1. The zero-order valence-electron chi connectivity index (χ0n) is 15.8. The Labute approximate surface area is 161 Å². The predicted molar refractivity (Wildman–Crippen MR) is 104 cm³/mol. The fourth-order valence-electron chi connectivity index (χ4n) is 4.00. The van der Waals surface area contributed by atoms with Gasteiger partial charge in [-0.25, -0.2) is 9.50 Å². The first-order valence-electron chi connectivity index (χ1n) is 9.12. The Kier molecular flexibility index (Phi) is 3.55. The Morgan fingerprint density at radius 2 is 2.11 bits per heavy atom. The van der Waals surface area contributed by atoms with E-state index in [1.165, 1.54) is 0 Å². The predicted octanol–water partition coefficient (Wildman–Crippen LogP) is 2.62. The molecule has 0 aliphatic carbocycles. The Morgan fingerprint density at radius 3 is 2.89 bits per heavy atom. The van der Waals surface area contributed by atoms with Gasteiger partial charge < -0.3 is 5.32 Å². The van der Waals surface area contributed by atoms with Gasteiger partial charge in [0.25, 0.3) is 0 Å². The highest BCUT2D eigenvalue weighted by molar-refractivity contribution is 5.96. The van der Waals surface area contributed by atoms with E-state index < -0.39 is 0 Å². The van der Waals surface area contributed by atoms with Gasteiger partial charge >= 0.3 is 0 Å². The average molecular weight is 373 g/mol. The van der Waals surface area contributed by atoms with E-state index in [1.54, 1.807) is 17.1 Å². The summed E-state index contributed by atoms with van der Waals surface area (Å²) < 4.78 is 3.55. The molecule has 0 saturated carbocycles. The lowest BCUT2D eigenvalue weighted by Crippen LogP contribution is -2.24. The molecule has 28 heavy (non-hydrogen) atoms. The summed E-state index contributed by atoms with van der Waals surface area (Å²) in [4.78, 5) is 21.4. The van der Waals surface area contributed by atoms with Crippen LogP contribution in [-0.2, 0) is 11.8 Å². The van der Waals surface area contributed by atoms with Crippen LogP contribution in [0.3, 0.4) is 0 Å². The molecular formula is C20H19N7O. The molecule has 0 unspecified atom stereocenters. The molecule has 8 heteroatoms. The van der Waals surface area contributed by atoms with E-state index in [1.807, 2.05) is 49.8 Å². The van der Waals surface area contributed by atoms with Gasteiger partial charge in [0.1, 0.15) is 5.82 Å². The van der Waals surface area contributed by atoms with Crippen molar-refractivity contribution < 1.29 is 4.79 Å². The fraction of sp³-hybridized carbons (Fsp3) is 0.250. The number of carbonyl (C=O) groups excluding carboxylic acids is 1. The normalized spacial score (nSPS) is 16.2. The number of hydrogen-bond donors (Lipinski definition) is 1. The van der Waals surface area contributed by atoms with E-state index >= 15 is 0 Å². The van der Waals surface area contributed by atoms with Crippen LogP contribution in [0, 0.1) is 13.8 Å². The molecular weight excluding hydrogens is 354 g/mol. The second-order valence-electron chi connectivity index (χ2n) is 7.16. The summed E-state index contributed by atoms with van der Waals surface area (Å²) in [5, 5.41) is 12.2. The van der Waals surface area contributed by atoms with Crippen LogP contribution in [0.5, 0.6) is 0 Å². The van der Waals surface area contributed by atoms with Gasteiger partial charge in [0, 0.05) is 59.9 Å². The summed E-state index contributed by atoms with van der Waals surface area (Å²) in [6, 6.07) is 5.86. The van der Waals surface area contributed by atoms with Crippen LogP contribution in [0.2, 0.25) is 0 Å². The molecule has 4 aromatic heterocycles. The number of pyridine rings is 1. The smallest absolute Gasteiger partial charge is 0.226 e. The Morgan fingerprint density at radius 1 is 1.25 bits per heavy atom. The minimum absolute atomic E-state index is 0.0399. The molecule has 0 aromatic carbocycles. The number of anilines is 1. The zero-order chi connectivity index (χ0) is 19.4. The highest BCUT2D eigenvalue weighted by Gasteiger charge is 2.35. The van der Waals surface area contributed by atoms with E-state index in [2.05, 4.69) is 20.5 Å². The van der Waals surface area contributed by atoms with Crippen molar-refractivity contribution in [3.8, 4) is 11.3 Å². The first-order valence-corrected chi connectivity index (χ1v) is 9.12. The number of hydrogen-bond acceptors (Lipinski definition) is 5. The first kappa shape index (κ1) is 16.6. The molecule has 5 heterocycles. The van der Waals surface area contributed by atoms with Crippen molar-refractivity contribution >= 4 is 17.4 Å². The van der Waals surface area contributed by atoms with Gasteiger partial charge in [-0.1, -0.05) is 0 Å². The highest BCUT2D eigenvalue weighted by Crippen LogP contribution is 2.43. The number of aromatic nitrogens is 6. The minimum atomic E-state index is -0.182. The van der Waals surface area contributed by atoms with Crippen LogP contribution in [0.15, 0.2) is 36.8 Å². The first-order chi connectivity index (χ1) is 13.5. The molecule has 0 saturated heterocycles. The molecule has 8 nitrogen and oxygen atoms in total. The van der Waals surface area contributed by atoms with Crippen LogP contribution in [0.1, 0.15) is 34.9 Å². The largest absolute Gasteiger partial charge is 0.311 e. The second kappa shape index (κ2) is 5.98. The van der Waals surface area contributed by atoms with Crippen molar-refractivity contribution in [2.45, 2.75) is 26.2 Å². The van der Waals surface area contributed by atoms with Crippen LogP contribution < -0.4 is 5.32 Å².